The molecule has 1 aliphatic carbocycles. The van der Waals surface area contributed by atoms with E-state index in [9.17, 15) is 0 Å². The first-order valence-electron chi connectivity index (χ1n) is 11.0. The van der Waals surface area contributed by atoms with Crippen LogP contribution in [0.2, 0.25) is 0 Å². The van der Waals surface area contributed by atoms with Gasteiger partial charge in [0, 0.05) is 24.2 Å². The maximum Gasteiger partial charge on any atom is 0.318 e. The van der Waals surface area contributed by atoms with Gasteiger partial charge >= 0.3 is 6.01 Å². The summed E-state index contributed by atoms with van der Waals surface area (Å²) in [6.45, 7) is 8.18. The topological polar surface area (TPSA) is 77.2 Å². The summed E-state index contributed by atoms with van der Waals surface area (Å²) in [7, 11) is 0. The van der Waals surface area contributed by atoms with Gasteiger partial charge in [-0.05, 0) is 56.2 Å². The first-order valence-corrected chi connectivity index (χ1v) is 11.0. The molecule has 0 radical (unpaired) electrons. The van der Waals surface area contributed by atoms with Crippen LogP contribution in [0.15, 0.2) is 41.1 Å². The Kier molecular flexibility index (Phi) is 5.18. The predicted octanol–water partition coefficient (Wildman–Crippen LogP) is 4.54. The average molecular weight is 418 g/mol. The van der Waals surface area contributed by atoms with E-state index in [1.54, 1.807) is 12.4 Å². The van der Waals surface area contributed by atoms with Crippen LogP contribution < -0.4 is 9.64 Å². The van der Waals surface area contributed by atoms with Crippen LogP contribution in [-0.2, 0) is 6.42 Å². The molecule has 1 saturated heterocycles. The highest BCUT2D eigenvalue weighted by molar-refractivity contribution is 5.83. The summed E-state index contributed by atoms with van der Waals surface area (Å²) in [5.41, 5.74) is 5.10. The van der Waals surface area contributed by atoms with E-state index in [4.69, 9.17) is 9.15 Å². The molecule has 0 N–H and O–H groups in total. The van der Waals surface area contributed by atoms with Crippen molar-refractivity contribution in [2.45, 2.75) is 46.1 Å². The van der Waals surface area contributed by atoms with Gasteiger partial charge in [-0.3, -0.25) is 4.98 Å². The molecule has 3 aromatic rings. The van der Waals surface area contributed by atoms with Gasteiger partial charge < -0.3 is 14.1 Å². The molecule has 2 aromatic heterocycles. The molecule has 1 aromatic carbocycles. The number of nitrogens with zero attached hydrogens (tertiary/aromatic N) is 5. The van der Waals surface area contributed by atoms with Crippen LogP contribution in [0, 0.1) is 5.92 Å². The molecular formula is C24H27N5O2. The normalized spacial score (nSPS) is 16.5. The highest BCUT2D eigenvalue weighted by Gasteiger charge is 2.25. The van der Waals surface area contributed by atoms with Gasteiger partial charge in [-0.2, -0.15) is 0 Å². The minimum absolute atomic E-state index is 0.0499. The van der Waals surface area contributed by atoms with Crippen molar-refractivity contribution in [3.8, 4) is 17.1 Å². The van der Waals surface area contributed by atoms with Crippen LogP contribution in [0.4, 0.5) is 6.01 Å². The minimum Gasteiger partial charge on any atom is -0.474 e. The second kappa shape index (κ2) is 8.13. The van der Waals surface area contributed by atoms with Crippen molar-refractivity contribution in [3.63, 3.8) is 0 Å². The number of anilines is 1. The zero-order valence-corrected chi connectivity index (χ0v) is 18.2. The van der Waals surface area contributed by atoms with Gasteiger partial charge in [-0.15, -0.1) is 5.10 Å². The zero-order chi connectivity index (χ0) is 21.4. The molecule has 3 heterocycles. The molecule has 7 nitrogen and oxygen atoms in total. The van der Waals surface area contributed by atoms with E-state index in [2.05, 4.69) is 56.3 Å². The van der Waals surface area contributed by atoms with Crippen molar-refractivity contribution in [1.82, 2.24) is 20.2 Å². The Labute approximate surface area is 182 Å². The lowest BCUT2D eigenvalue weighted by atomic mass is 10.00. The Morgan fingerprint density at radius 2 is 1.97 bits per heavy atom. The number of ether oxygens (including phenoxy) is 1. The third-order valence-electron chi connectivity index (χ3n) is 5.89. The van der Waals surface area contributed by atoms with E-state index in [1.165, 1.54) is 5.56 Å². The SMILES string of the molecule is CC1CCN(c2nnc(C3=CCc4ccc(-c5cncc(OC(C)C)n5)cc43)o2)CC1. The van der Waals surface area contributed by atoms with Crippen molar-refractivity contribution in [3.05, 3.63) is 53.7 Å². The molecule has 5 rings (SSSR count). The monoisotopic (exact) mass is 417 g/mol. The molecule has 0 saturated carbocycles. The van der Waals surface area contributed by atoms with Gasteiger partial charge in [0.15, 0.2) is 0 Å². The molecule has 7 heteroatoms. The van der Waals surface area contributed by atoms with E-state index in [0.717, 1.165) is 60.7 Å². The van der Waals surface area contributed by atoms with Gasteiger partial charge in [0.25, 0.3) is 0 Å². The van der Waals surface area contributed by atoms with Gasteiger partial charge in [-0.1, -0.05) is 30.2 Å². The minimum atomic E-state index is 0.0499. The first kappa shape index (κ1) is 19.7. The van der Waals surface area contributed by atoms with Crippen LogP contribution in [0.25, 0.3) is 16.8 Å². The van der Waals surface area contributed by atoms with E-state index < -0.39 is 0 Å². The number of hydrogen-bond acceptors (Lipinski definition) is 7. The van der Waals surface area contributed by atoms with Crippen LogP contribution in [0.3, 0.4) is 0 Å². The lowest BCUT2D eigenvalue weighted by Gasteiger charge is -2.28. The zero-order valence-electron chi connectivity index (χ0n) is 18.2. The second-order valence-corrected chi connectivity index (χ2v) is 8.66. The highest BCUT2D eigenvalue weighted by atomic mass is 16.5. The molecule has 1 aliphatic heterocycles. The number of benzene rings is 1. The molecule has 31 heavy (non-hydrogen) atoms. The van der Waals surface area contributed by atoms with Crippen LogP contribution in [-0.4, -0.2) is 39.4 Å². The summed E-state index contributed by atoms with van der Waals surface area (Å²) in [5.74, 6) is 1.86. The maximum atomic E-state index is 6.10. The number of aromatic nitrogens is 4. The fourth-order valence-corrected chi connectivity index (χ4v) is 4.13. The lowest BCUT2D eigenvalue weighted by Crippen LogP contribution is -2.32. The molecule has 0 atom stereocenters. The summed E-state index contributed by atoms with van der Waals surface area (Å²) in [5, 5.41) is 8.70. The molecule has 0 unspecified atom stereocenters. The van der Waals surface area contributed by atoms with Crippen molar-refractivity contribution < 1.29 is 9.15 Å². The average Bonchev–Trinajstić information content (AvgIpc) is 3.40. The smallest absolute Gasteiger partial charge is 0.318 e. The van der Waals surface area contributed by atoms with Crippen LogP contribution in [0.1, 0.15) is 50.6 Å². The highest BCUT2D eigenvalue weighted by Crippen LogP contribution is 2.36. The van der Waals surface area contributed by atoms with E-state index in [-0.39, 0.29) is 6.10 Å². The van der Waals surface area contributed by atoms with Crippen molar-refractivity contribution in [1.29, 1.82) is 0 Å². The summed E-state index contributed by atoms with van der Waals surface area (Å²) in [6, 6.07) is 6.96. The predicted molar refractivity (Wildman–Crippen MR) is 119 cm³/mol. The number of hydrogen-bond donors (Lipinski definition) is 0. The Balaban J connectivity index is 1.41. The molecule has 0 bridgehead atoms. The summed E-state index contributed by atoms with van der Waals surface area (Å²) in [4.78, 5) is 11.1. The third-order valence-corrected chi connectivity index (χ3v) is 5.89. The second-order valence-electron chi connectivity index (χ2n) is 8.66. The van der Waals surface area contributed by atoms with Crippen molar-refractivity contribution in [2.75, 3.05) is 18.0 Å². The number of fused-ring (bicyclic) bond motifs is 1. The Hall–Kier alpha value is -3.22. The van der Waals surface area contributed by atoms with Crippen molar-refractivity contribution >= 4 is 11.6 Å². The molecule has 1 fully saturated rings. The van der Waals surface area contributed by atoms with Gasteiger partial charge in [0.05, 0.1) is 24.2 Å². The van der Waals surface area contributed by atoms with Gasteiger partial charge in [-0.25, -0.2) is 4.98 Å². The van der Waals surface area contributed by atoms with E-state index >= 15 is 0 Å². The quantitative estimate of drug-likeness (QED) is 0.603. The summed E-state index contributed by atoms with van der Waals surface area (Å²) >= 11 is 0. The number of rotatable bonds is 5. The third kappa shape index (κ3) is 4.04. The van der Waals surface area contributed by atoms with Crippen LogP contribution in [0.5, 0.6) is 5.88 Å². The fraction of sp³-hybridized carbons (Fsp3) is 0.417. The Morgan fingerprint density at radius 3 is 2.77 bits per heavy atom. The summed E-state index contributed by atoms with van der Waals surface area (Å²) in [6.07, 6.45) is 8.79. The molecule has 0 spiro atoms. The Bertz CT molecular complexity index is 1110. The van der Waals surface area contributed by atoms with E-state index in [1.807, 2.05) is 13.8 Å². The van der Waals surface area contributed by atoms with Gasteiger partial charge in [0.1, 0.15) is 0 Å². The number of piperidine rings is 1. The molecule has 160 valence electrons. The molecule has 2 aliphatic rings. The standard InChI is InChI=1S/C24H27N5O2/c1-15(2)30-22-14-25-13-21(26-22)18-5-4-17-6-7-19(20(17)12-18)23-27-28-24(31-23)29-10-8-16(3)9-11-29/h4-5,7,12-16H,6,8-11H2,1-3H3. The Morgan fingerprint density at radius 1 is 1.13 bits per heavy atom. The molecular weight excluding hydrogens is 390 g/mol. The first-order chi connectivity index (χ1) is 15.1. The van der Waals surface area contributed by atoms with E-state index in [0.29, 0.717) is 17.8 Å². The lowest BCUT2D eigenvalue weighted by molar-refractivity contribution is 0.232. The number of allylic oxidation sites excluding steroid dienone is 1. The van der Waals surface area contributed by atoms with Crippen LogP contribution >= 0.6 is 0 Å². The van der Waals surface area contributed by atoms with Crippen molar-refractivity contribution in [2.24, 2.45) is 5.92 Å². The fourth-order valence-electron chi connectivity index (χ4n) is 4.13. The largest absolute Gasteiger partial charge is 0.474 e. The summed E-state index contributed by atoms with van der Waals surface area (Å²) < 4.78 is 11.8. The van der Waals surface area contributed by atoms with Gasteiger partial charge in [0.2, 0.25) is 11.8 Å². The maximum absolute atomic E-state index is 6.10. The molecule has 0 amide bonds.